The number of nitrogens with one attached hydrogen (secondary N) is 1. The molecule has 0 aromatic carbocycles. The zero-order chi connectivity index (χ0) is 4.12. The molecule has 0 atom stereocenters. The molecule has 0 amide bonds. The first kappa shape index (κ1) is 4.69. The van der Waals surface area contributed by atoms with Crippen molar-refractivity contribution in [3.05, 3.63) is 0 Å². The Labute approximate surface area is 32.0 Å². The zero-order valence-electron chi connectivity index (χ0n) is 3.19. The second kappa shape index (κ2) is 3.69. The van der Waals surface area contributed by atoms with E-state index in [9.17, 15) is 4.79 Å². The number of carbonyl (C=O) groups excluding carboxylic acids is 1. The van der Waals surface area contributed by atoms with Crippen molar-refractivity contribution in [1.29, 1.82) is 0 Å². The number of hydrogen-bond acceptors (Lipinski definition) is 2. The third kappa shape index (κ3) is 3.69. The van der Waals surface area contributed by atoms with Crippen LogP contribution in [-0.4, -0.2) is 20.8 Å². The van der Waals surface area contributed by atoms with Gasteiger partial charge in [-0.05, 0) is 0 Å². The predicted octanol–water partition coefficient (Wildman–Crippen LogP) is -1.68. The van der Waals surface area contributed by atoms with Gasteiger partial charge in [-0.15, -0.1) is 0 Å². The Bertz CT molecular complexity index is 30.8. The summed E-state index contributed by atoms with van der Waals surface area (Å²) in [6.45, 7) is 0.458. The molecule has 0 fully saturated rings. The van der Waals surface area contributed by atoms with Crippen molar-refractivity contribution in [3.63, 3.8) is 0 Å². The standard InChI is InChI=1S/C2H6BNO/c3-4-1-2-5/h2,4H,1,3H2. The van der Waals surface area contributed by atoms with Crippen LogP contribution in [0.15, 0.2) is 0 Å². The summed E-state index contributed by atoms with van der Waals surface area (Å²) in [7, 11) is 1.73. The summed E-state index contributed by atoms with van der Waals surface area (Å²) in [5.74, 6) is 0. The Hall–Kier alpha value is -0.305. The number of rotatable bonds is 2. The van der Waals surface area contributed by atoms with Crippen molar-refractivity contribution >= 4 is 14.3 Å². The van der Waals surface area contributed by atoms with Crippen molar-refractivity contribution in [1.82, 2.24) is 5.23 Å². The maximum absolute atomic E-state index is 9.34. The molecule has 3 heteroatoms. The van der Waals surface area contributed by atoms with Crippen molar-refractivity contribution in [2.24, 2.45) is 0 Å². The first-order valence-electron chi connectivity index (χ1n) is 1.50. The molecule has 5 heavy (non-hydrogen) atoms. The molecule has 0 heterocycles. The highest BCUT2D eigenvalue weighted by atomic mass is 16.1. The number of hydrogen-bond donors (Lipinski definition) is 1. The molecular weight excluding hydrogens is 64.8 g/mol. The van der Waals surface area contributed by atoms with Gasteiger partial charge in [-0.3, -0.25) is 0 Å². The normalized spacial score (nSPS) is 7.20. The minimum atomic E-state index is 0.458. The van der Waals surface area contributed by atoms with Crippen molar-refractivity contribution in [3.8, 4) is 0 Å². The molecule has 0 bridgehead atoms. The molecule has 0 rings (SSSR count). The maximum Gasteiger partial charge on any atom is 0.182 e. The Balaban J connectivity index is 2.40. The van der Waals surface area contributed by atoms with E-state index in [0.717, 1.165) is 6.29 Å². The highest BCUT2D eigenvalue weighted by molar-refractivity contribution is 6.05. The molecule has 0 aliphatic heterocycles. The smallest absolute Gasteiger partial charge is 0.182 e. The van der Waals surface area contributed by atoms with Gasteiger partial charge in [0.1, 0.15) is 6.29 Å². The monoisotopic (exact) mass is 71.1 g/mol. The molecular formula is C2H6BNO. The fourth-order valence-corrected chi connectivity index (χ4v) is 0.0833. The SMILES string of the molecule is BNCC=O. The lowest BCUT2D eigenvalue weighted by Crippen LogP contribution is -2.09. The number of carbonyl (C=O) groups is 1. The molecule has 0 radical (unpaired) electrons. The van der Waals surface area contributed by atoms with Gasteiger partial charge in [-0.1, -0.05) is 0 Å². The summed E-state index contributed by atoms with van der Waals surface area (Å²) >= 11 is 0. The minimum absolute atomic E-state index is 0.458. The van der Waals surface area contributed by atoms with E-state index in [-0.39, 0.29) is 0 Å². The van der Waals surface area contributed by atoms with E-state index in [4.69, 9.17) is 0 Å². The lowest BCUT2D eigenvalue weighted by molar-refractivity contribution is -0.106. The summed E-state index contributed by atoms with van der Waals surface area (Å²) in [5.41, 5.74) is 0. The van der Waals surface area contributed by atoms with Crippen molar-refractivity contribution in [2.75, 3.05) is 6.54 Å². The van der Waals surface area contributed by atoms with Gasteiger partial charge in [0.05, 0.1) is 0 Å². The van der Waals surface area contributed by atoms with Crippen LogP contribution in [0, 0.1) is 0 Å². The Kier molecular flexibility index (Phi) is 3.47. The Morgan fingerprint density at radius 3 is 2.60 bits per heavy atom. The highest BCUT2D eigenvalue weighted by Crippen LogP contribution is 1.31. The van der Waals surface area contributed by atoms with Crippen molar-refractivity contribution in [2.45, 2.75) is 0 Å². The second-order valence-electron chi connectivity index (χ2n) is 0.724. The molecule has 0 saturated heterocycles. The fourth-order valence-electron chi connectivity index (χ4n) is 0.0833. The van der Waals surface area contributed by atoms with Crippen LogP contribution in [-0.2, 0) is 4.79 Å². The van der Waals surface area contributed by atoms with Crippen LogP contribution in [0.1, 0.15) is 0 Å². The Morgan fingerprint density at radius 1 is 2.00 bits per heavy atom. The van der Waals surface area contributed by atoms with Crippen LogP contribution in [0.25, 0.3) is 0 Å². The average Bonchev–Trinajstić information content (AvgIpc) is 1.41. The predicted molar refractivity (Wildman–Crippen MR) is 22.6 cm³/mol. The summed E-state index contributed by atoms with van der Waals surface area (Å²) in [6, 6.07) is 0. The van der Waals surface area contributed by atoms with Crippen LogP contribution < -0.4 is 5.23 Å². The third-order valence-electron chi connectivity index (χ3n) is 0.287. The third-order valence-corrected chi connectivity index (χ3v) is 0.287. The molecule has 28 valence electrons. The number of aldehydes is 1. The van der Waals surface area contributed by atoms with E-state index in [0.29, 0.717) is 6.54 Å². The van der Waals surface area contributed by atoms with Crippen LogP contribution in [0.3, 0.4) is 0 Å². The zero-order valence-corrected chi connectivity index (χ0v) is 3.19. The first-order chi connectivity index (χ1) is 2.41. The van der Waals surface area contributed by atoms with Gasteiger partial charge in [-0.25, -0.2) is 0 Å². The first-order valence-corrected chi connectivity index (χ1v) is 1.50. The topological polar surface area (TPSA) is 29.1 Å². The summed E-state index contributed by atoms with van der Waals surface area (Å²) in [4.78, 5) is 9.34. The van der Waals surface area contributed by atoms with E-state index in [1.807, 2.05) is 0 Å². The second-order valence-corrected chi connectivity index (χ2v) is 0.724. The highest BCUT2D eigenvalue weighted by Gasteiger charge is 1.63. The van der Waals surface area contributed by atoms with Crippen LogP contribution in [0.4, 0.5) is 0 Å². The lowest BCUT2D eigenvalue weighted by atomic mass is 10.4. The van der Waals surface area contributed by atoms with Gasteiger partial charge in [0.15, 0.2) is 7.98 Å². The van der Waals surface area contributed by atoms with E-state index < -0.39 is 0 Å². The van der Waals surface area contributed by atoms with E-state index in [1.165, 1.54) is 0 Å². The lowest BCUT2D eigenvalue weighted by Gasteiger charge is -1.75. The van der Waals surface area contributed by atoms with Gasteiger partial charge < -0.3 is 10.0 Å². The van der Waals surface area contributed by atoms with Gasteiger partial charge >= 0.3 is 0 Å². The van der Waals surface area contributed by atoms with Gasteiger partial charge in [0.25, 0.3) is 0 Å². The van der Waals surface area contributed by atoms with Crippen LogP contribution in [0.2, 0.25) is 0 Å². The molecule has 0 unspecified atom stereocenters. The van der Waals surface area contributed by atoms with E-state index >= 15 is 0 Å². The summed E-state index contributed by atoms with van der Waals surface area (Å²) in [6.07, 6.45) is 0.819. The molecule has 0 aliphatic carbocycles. The Morgan fingerprint density at radius 2 is 2.60 bits per heavy atom. The van der Waals surface area contributed by atoms with Gasteiger partial charge in [-0.2, -0.15) is 0 Å². The molecule has 0 aromatic heterocycles. The summed E-state index contributed by atoms with van der Waals surface area (Å²) < 4.78 is 0. The largest absolute Gasteiger partial charge is 0.356 e. The fraction of sp³-hybridized carbons (Fsp3) is 0.500. The van der Waals surface area contributed by atoms with Crippen LogP contribution >= 0.6 is 0 Å². The van der Waals surface area contributed by atoms with Gasteiger partial charge in [0, 0.05) is 6.54 Å². The average molecular weight is 70.9 g/mol. The van der Waals surface area contributed by atoms with Crippen molar-refractivity contribution < 1.29 is 4.79 Å². The molecule has 0 saturated carbocycles. The van der Waals surface area contributed by atoms with E-state index in [2.05, 4.69) is 5.23 Å². The molecule has 0 spiro atoms. The molecule has 2 nitrogen and oxygen atoms in total. The molecule has 1 N–H and O–H groups in total. The van der Waals surface area contributed by atoms with Gasteiger partial charge in [0.2, 0.25) is 0 Å². The van der Waals surface area contributed by atoms with E-state index in [1.54, 1.807) is 7.98 Å². The molecule has 0 aromatic rings. The maximum atomic E-state index is 9.34. The summed E-state index contributed by atoms with van der Waals surface area (Å²) in [5, 5.41) is 2.65. The minimum Gasteiger partial charge on any atom is -0.356 e. The quantitative estimate of drug-likeness (QED) is 0.311. The van der Waals surface area contributed by atoms with Crippen LogP contribution in [0.5, 0.6) is 0 Å². The molecule has 0 aliphatic rings.